The molecule has 0 unspecified atom stereocenters. The summed E-state index contributed by atoms with van der Waals surface area (Å²) in [6.07, 6.45) is -2.25. The number of carbonyl (C=O) groups excluding carboxylic acids is 3. The number of hydrogen-bond acceptors (Lipinski definition) is 5. The van der Waals surface area contributed by atoms with Crippen molar-refractivity contribution in [2.45, 2.75) is 20.3 Å². The van der Waals surface area contributed by atoms with Crippen LogP contribution in [-0.2, 0) is 9.59 Å². The van der Waals surface area contributed by atoms with Crippen molar-refractivity contribution in [3.8, 4) is 0 Å². The average Bonchev–Trinajstić information content (AvgIpc) is 1.56. The van der Waals surface area contributed by atoms with Gasteiger partial charge in [-0.1, -0.05) is 0 Å². The first kappa shape index (κ1) is 23.4. The van der Waals surface area contributed by atoms with Crippen molar-refractivity contribution < 1.29 is 83.7 Å². The molecule has 0 heterocycles. The van der Waals surface area contributed by atoms with Gasteiger partial charge >= 0.3 is 59.1 Å². The van der Waals surface area contributed by atoms with E-state index in [1.165, 1.54) is 13.8 Å². The van der Waals surface area contributed by atoms with Gasteiger partial charge in [0.25, 0.3) is 0 Å². The SMILES string of the molecule is CC(=O)CC(C)=O.O=C([O-])[O-].[Na+].[Na+]. The molecule has 0 aliphatic heterocycles. The molecule has 0 amide bonds. The monoisotopic (exact) mass is 206 g/mol. The fourth-order valence-electron chi connectivity index (χ4n) is 0.351. The molecule has 0 saturated carbocycles. The van der Waals surface area contributed by atoms with Crippen LogP contribution in [0.2, 0.25) is 0 Å². The molecule has 0 bridgehead atoms. The van der Waals surface area contributed by atoms with Crippen LogP contribution < -0.4 is 69.3 Å². The van der Waals surface area contributed by atoms with Crippen molar-refractivity contribution in [3.63, 3.8) is 0 Å². The van der Waals surface area contributed by atoms with E-state index in [4.69, 9.17) is 15.0 Å². The average molecular weight is 206 g/mol. The summed E-state index contributed by atoms with van der Waals surface area (Å²) < 4.78 is 0. The van der Waals surface area contributed by atoms with Gasteiger partial charge < -0.3 is 15.0 Å². The summed E-state index contributed by atoms with van der Waals surface area (Å²) in [4.78, 5) is 28.4. The first-order chi connectivity index (χ1) is 4.86. The van der Waals surface area contributed by atoms with Crippen LogP contribution in [0, 0.1) is 0 Å². The molecule has 0 aromatic carbocycles. The first-order valence-corrected chi connectivity index (χ1v) is 2.73. The summed E-state index contributed by atoms with van der Waals surface area (Å²) in [7, 11) is 0. The van der Waals surface area contributed by atoms with Gasteiger partial charge in [0, 0.05) is 0 Å². The maximum absolute atomic E-state index is 10.0. The number of ketones is 2. The van der Waals surface area contributed by atoms with Crippen molar-refractivity contribution in [2.75, 3.05) is 0 Å². The van der Waals surface area contributed by atoms with Crippen molar-refractivity contribution in [3.05, 3.63) is 0 Å². The Morgan fingerprint density at radius 2 is 1.08 bits per heavy atom. The molecule has 0 spiro atoms. The van der Waals surface area contributed by atoms with E-state index in [1.54, 1.807) is 0 Å². The smallest absolute Gasteiger partial charge is 0.652 e. The molecule has 0 aromatic heterocycles. The zero-order chi connectivity index (χ0) is 9.44. The van der Waals surface area contributed by atoms with Crippen LogP contribution in [0.1, 0.15) is 20.3 Å². The minimum absolute atomic E-state index is 0. The van der Waals surface area contributed by atoms with E-state index in [0.717, 1.165) is 0 Å². The topological polar surface area (TPSA) is 97.3 Å². The van der Waals surface area contributed by atoms with Crippen molar-refractivity contribution >= 4 is 17.7 Å². The van der Waals surface area contributed by atoms with E-state index in [1.807, 2.05) is 0 Å². The minimum Gasteiger partial charge on any atom is -0.652 e. The number of carbonyl (C=O) groups is 3. The fraction of sp³-hybridized carbons (Fsp3) is 0.500. The maximum atomic E-state index is 10.0. The molecule has 0 aliphatic carbocycles. The molecule has 0 rings (SSSR count). The van der Waals surface area contributed by atoms with Gasteiger partial charge in [0.2, 0.25) is 0 Å². The van der Waals surface area contributed by atoms with Gasteiger partial charge in [0.15, 0.2) is 0 Å². The molecule has 0 aliphatic rings. The van der Waals surface area contributed by atoms with Gasteiger partial charge in [0.05, 0.1) is 6.42 Å². The summed E-state index contributed by atoms with van der Waals surface area (Å²) in [5.41, 5.74) is 0. The van der Waals surface area contributed by atoms with Gasteiger partial charge in [0.1, 0.15) is 11.6 Å². The van der Waals surface area contributed by atoms with Gasteiger partial charge in [-0.2, -0.15) is 0 Å². The molecular weight excluding hydrogens is 198 g/mol. The van der Waals surface area contributed by atoms with Crippen LogP contribution in [0.15, 0.2) is 0 Å². The van der Waals surface area contributed by atoms with E-state index in [0.29, 0.717) is 0 Å². The molecule has 0 saturated heterocycles. The number of carboxylic acid groups (broad SMARTS) is 2. The Bertz CT molecular complexity index is 152. The van der Waals surface area contributed by atoms with Crippen LogP contribution >= 0.6 is 0 Å². The van der Waals surface area contributed by atoms with E-state index < -0.39 is 6.16 Å². The first-order valence-electron chi connectivity index (χ1n) is 2.73. The molecule has 0 radical (unpaired) electrons. The molecular formula is C6H8Na2O5. The van der Waals surface area contributed by atoms with Gasteiger partial charge in [-0.15, -0.1) is 0 Å². The van der Waals surface area contributed by atoms with Crippen molar-refractivity contribution in [1.29, 1.82) is 0 Å². The maximum Gasteiger partial charge on any atom is 1.00 e. The van der Waals surface area contributed by atoms with Crippen LogP contribution in [0.3, 0.4) is 0 Å². The number of rotatable bonds is 2. The van der Waals surface area contributed by atoms with Gasteiger partial charge in [-0.3, -0.25) is 9.59 Å². The minimum atomic E-state index is -2.33. The normalized spacial score (nSPS) is 6.31. The third kappa shape index (κ3) is 66.8. The standard InChI is InChI=1S/C5H8O2.CH2O3.2Na/c1-4(6)3-5(2)7;2-1(3)4;;/h3H2,1-2H3;(H2,2,3,4);;/q;;2*+1/p-2. The Hall–Kier alpha value is 0.610. The fourth-order valence-corrected chi connectivity index (χ4v) is 0.351. The predicted octanol–water partition coefficient (Wildman–Crippen LogP) is -7.88. The number of Topliss-reactive ketones (excluding diaryl/α,β-unsaturated/α-hetero) is 2. The van der Waals surface area contributed by atoms with E-state index >= 15 is 0 Å². The Labute approximate surface area is 120 Å². The quantitative estimate of drug-likeness (QED) is 0.330. The molecule has 5 nitrogen and oxygen atoms in total. The zero-order valence-electron chi connectivity index (χ0n) is 8.25. The second-order valence-corrected chi connectivity index (χ2v) is 1.83. The summed E-state index contributed by atoms with van der Waals surface area (Å²) >= 11 is 0. The Morgan fingerprint density at radius 3 is 1.08 bits per heavy atom. The van der Waals surface area contributed by atoms with Crippen molar-refractivity contribution in [2.24, 2.45) is 0 Å². The molecule has 64 valence electrons. The molecule has 0 atom stereocenters. The predicted molar refractivity (Wildman–Crippen MR) is 31.4 cm³/mol. The third-order valence-corrected chi connectivity index (χ3v) is 0.498. The zero-order valence-corrected chi connectivity index (χ0v) is 12.2. The number of hydrogen-bond donors (Lipinski definition) is 0. The van der Waals surface area contributed by atoms with Crippen LogP contribution in [-0.4, -0.2) is 17.7 Å². The van der Waals surface area contributed by atoms with Gasteiger partial charge in [-0.05, 0) is 20.0 Å². The second-order valence-electron chi connectivity index (χ2n) is 1.83. The summed E-state index contributed by atoms with van der Waals surface area (Å²) in [6, 6.07) is 0. The summed E-state index contributed by atoms with van der Waals surface area (Å²) in [5, 5.41) is 16.7. The van der Waals surface area contributed by atoms with E-state index in [9.17, 15) is 9.59 Å². The Morgan fingerprint density at radius 1 is 0.923 bits per heavy atom. The molecule has 0 aromatic rings. The molecule has 13 heavy (non-hydrogen) atoms. The summed E-state index contributed by atoms with van der Waals surface area (Å²) in [5.74, 6) is -0.125. The Kier molecular flexibility index (Phi) is 27.2. The largest absolute Gasteiger partial charge is 1.00 e. The van der Waals surface area contributed by atoms with Crippen LogP contribution in [0.25, 0.3) is 0 Å². The Balaban J connectivity index is -0.0000000600. The summed E-state index contributed by atoms with van der Waals surface area (Å²) in [6.45, 7) is 2.81. The van der Waals surface area contributed by atoms with E-state index in [-0.39, 0.29) is 77.1 Å². The van der Waals surface area contributed by atoms with Gasteiger partial charge in [-0.25, -0.2) is 0 Å². The van der Waals surface area contributed by atoms with Crippen LogP contribution in [0.5, 0.6) is 0 Å². The van der Waals surface area contributed by atoms with Crippen LogP contribution in [0.4, 0.5) is 4.79 Å². The molecule has 7 heteroatoms. The molecule has 0 fully saturated rings. The molecule has 0 N–H and O–H groups in total. The second kappa shape index (κ2) is 15.1. The third-order valence-electron chi connectivity index (χ3n) is 0.498. The van der Waals surface area contributed by atoms with E-state index in [2.05, 4.69) is 0 Å². The van der Waals surface area contributed by atoms with Crippen molar-refractivity contribution in [1.82, 2.24) is 0 Å².